The van der Waals surface area contributed by atoms with Crippen LogP contribution in [0, 0.1) is 0 Å². The molecule has 0 aliphatic rings. The molecule has 3 aromatic rings. The average molecular weight is 465 g/mol. The Labute approximate surface area is 173 Å². The van der Waals surface area contributed by atoms with Crippen LogP contribution < -0.4 is 10.1 Å². The predicted molar refractivity (Wildman–Crippen MR) is 105 cm³/mol. The van der Waals surface area contributed by atoms with Crippen molar-refractivity contribution in [3.8, 4) is 5.88 Å². The molecule has 0 unspecified atom stereocenters. The molecule has 8 heteroatoms. The van der Waals surface area contributed by atoms with E-state index >= 15 is 0 Å². The number of hydrogen-bond donors (Lipinski definition) is 1. The van der Waals surface area contributed by atoms with Crippen molar-refractivity contribution in [1.29, 1.82) is 0 Å². The topological polar surface area (TPSA) is 51.2 Å². The Morgan fingerprint density at radius 1 is 0.966 bits per heavy atom. The van der Waals surface area contributed by atoms with Gasteiger partial charge in [0.05, 0.1) is 11.1 Å². The maximum absolute atomic E-state index is 12.6. The van der Waals surface area contributed by atoms with Crippen molar-refractivity contribution in [2.24, 2.45) is 0 Å². The molecule has 0 saturated carbocycles. The molecular formula is C21H16BrF3N2O2. The second-order valence-corrected chi connectivity index (χ2v) is 7.09. The first-order valence-corrected chi connectivity index (χ1v) is 9.38. The second kappa shape index (κ2) is 9.09. The molecule has 3 rings (SSSR count). The first-order valence-electron chi connectivity index (χ1n) is 8.59. The SMILES string of the molecule is O=C(NCc1ccc(C(F)(F)F)cc1)c1ccc(OCc2ccc(Br)cc2)nc1. The highest BCUT2D eigenvalue weighted by molar-refractivity contribution is 9.10. The highest BCUT2D eigenvalue weighted by atomic mass is 79.9. The number of halogens is 4. The molecule has 29 heavy (non-hydrogen) atoms. The lowest BCUT2D eigenvalue weighted by Crippen LogP contribution is -2.23. The van der Waals surface area contributed by atoms with E-state index in [0.29, 0.717) is 23.6 Å². The van der Waals surface area contributed by atoms with Crippen LogP contribution in [-0.2, 0) is 19.3 Å². The summed E-state index contributed by atoms with van der Waals surface area (Å²) >= 11 is 3.37. The summed E-state index contributed by atoms with van der Waals surface area (Å²) in [5.41, 5.74) is 1.14. The molecule has 150 valence electrons. The Hall–Kier alpha value is -2.87. The minimum atomic E-state index is -4.38. The molecule has 1 heterocycles. The summed E-state index contributed by atoms with van der Waals surface area (Å²) in [6.45, 7) is 0.457. The van der Waals surface area contributed by atoms with Crippen molar-refractivity contribution in [3.63, 3.8) is 0 Å². The molecule has 0 radical (unpaired) electrons. The van der Waals surface area contributed by atoms with Crippen molar-refractivity contribution >= 4 is 21.8 Å². The Kier molecular flexibility index (Phi) is 6.53. The Bertz CT molecular complexity index is 957. The number of aromatic nitrogens is 1. The Morgan fingerprint density at radius 3 is 2.21 bits per heavy atom. The van der Waals surface area contributed by atoms with E-state index in [9.17, 15) is 18.0 Å². The maximum Gasteiger partial charge on any atom is 0.416 e. The van der Waals surface area contributed by atoms with Gasteiger partial charge in [-0.15, -0.1) is 0 Å². The number of nitrogens with zero attached hydrogens (tertiary/aromatic N) is 1. The molecule has 1 N–H and O–H groups in total. The van der Waals surface area contributed by atoms with Gasteiger partial charge in [-0.25, -0.2) is 4.98 Å². The fraction of sp³-hybridized carbons (Fsp3) is 0.143. The average Bonchev–Trinajstić information content (AvgIpc) is 2.71. The van der Waals surface area contributed by atoms with Crippen LogP contribution in [0.5, 0.6) is 5.88 Å². The predicted octanol–water partition coefficient (Wildman–Crippen LogP) is 5.37. The quantitative estimate of drug-likeness (QED) is 0.533. The van der Waals surface area contributed by atoms with Crippen molar-refractivity contribution in [2.45, 2.75) is 19.3 Å². The van der Waals surface area contributed by atoms with Crippen LogP contribution in [-0.4, -0.2) is 10.9 Å². The fourth-order valence-corrected chi connectivity index (χ4v) is 2.70. The molecule has 1 amide bonds. The second-order valence-electron chi connectivity index (χ2n) is 6.18. The Balaban J connectivity index is 1.51. The summed E-state index contributed by atoms with van der Waals surface area (Å²) in [7, 11) is 0. The van der Waals surface area contributed by atoms with Crippen molar-refractivity contribution in [2.75, 3.05) is 0 Å². The van der Waals surface area contributed by atoms with Crippen molar-refractivity contribution in [3.05, 3.63) is 93.6 Å². The van der Waals surface area contributed by atoms with Crippen molar-refractivity contribution in [1.82, 2.24) is 10.3 Å². The van der Waals surface area contributed by atoms with Gasteiger partial charge < -0.3 is 10.1 Å². The van der Waals surface area contributed by atoms with Gasteiger partial charge in [0, 0.05) is 23.3 Å². The molecule has 1 aromatic heterocycles. The third kappa shape index (κ3) is 6.05. The number of benzene rings is 2. The zero-order valence-corrected chi connectivity index (χ0v) is 16.6. The number of pyridine rings is 1. The van der Waals surface area contributed by atoms with Gasteiger partial charge in [-0.05, 0) is 41.5 Å². The highest BCUT2D eigenvalue weighted by Gasteiger charge is 2.29. The summed E-state index contributed by atoms with van der Waals surface area (Å²) in [4.78, 5) is 16.3. The van der Waals surface area contributed by atoms with Gasteiger partial charge in [-0.1, -0.05) is 40.2 Å². The lowest BCUT2D eigenvalue weighted by Gasteiger charge is -2.09. The van der Waals surface area contributed by atoms with Crippen LogP contribution >= 0.6 is 15.9 Å². The first kappa shape index (κ1) is 20.9. The number of rotatable bonds is 6. The molecule has 0 atom stereocenters. The number of alkyl halides is 3. The number of carbonyl (C=O) groups excluding carboxylic acids is 1. The van der Waals surface area contributed by atoms with E-state index < -0.39 is 11.7 Å². The van der Waals surface area contributed by atoms with E-state index in [-0.39, 0.29) is 12.5 Å². The maximum atomic E-state index is 12.6. The van der Waals surface area contributed by atoms with E-state index in [1.807, 2.05) is 24.3 Å². The van der Waals surface area contributed by atoms with Gasteiger partial charge in [0.15, 0.2) is 0 Å². The summed E-state index contributed by atoms with van der Waals surface area (Å²) in [5.74, 6) is 0.00376. The zero-order chi connectivity index (χ0) is 20.9. The van der Waals surface area contributed by atoms with Gasteiger partial charge in [-0.3, -0.25) is 4.79 Å². The third-order valence-electron chi connectivity index (χ3n) is 4.03. The highest BCUT2D eigenvalue weighted by Crippen LogP contribution is 2.29. The molecule has 0 spiro atoms. The molecular weight excluding hydrogens is 449 g/mol. The summed E-state index contributed by atoms with van der Waals surface area (Å²) < 4.78 is 44.3. The zero-order valence-electron chi connectivity index (χ0n) is 15.0. The van der Waals surface area contributed by atoms with E-state index in [2.05, 4.69) is 26.2 Å². The molecule has 0 aliphatic heterocycles. The number of nitrogens with one attached hydrogen (secondary N) is 1. The van der Waals surface area contributed by atoms with E-state index in [1.54, 1.807) is 12.1 Å². The molecule has 4 nitrogen and oxygen atoms in total. The Morgan fingerprint density at radius 2 is 1.62 bits per heavy atom. The number of carbonyl (C=O) groups is 1. The van der Waals surface area contributed by atoms with Gasteiger partial charge in [-0.2, -0.15) is 13.2 Å². The molecule has 0 fully saturated rings. The summed E-state index contributed by atoms with van der Waals surface area (Å²) in [5, 5.41) is 2.65. The first-order chi connectivity index (χ1) is 13.8. The van der Waals surface area contributed by atoms with E-state index in [0.717, 1.165) is 22.2 Å². The van der Waals surface area contributed by atoms with Gasteiger partial charge in [0.1, 0.15) is 6.61 Å². The van der Waals surface area contributed by atoms with Crippen LogP contribution in [0.15, 0.2) is 71.3 Å². The number of ether oxygens (including phenoxy) is 1. The third-order valence-corrected chi connectivity index (χ3v) is 4.56. The number of amides is 1. The lowest BCUT2D eigenvalue weighted by molar-refractivity contribution is -0.137. The molecule has 0 saturated heterocycles. The van der Waals surface area contributed by atoms with Gasteiger partial charge in [0.2, 0.25) is 5.88 Å². The van der Waals surface area contributed by atoms with Gasteiger partial charge >= 0.3 is 6.18 Å². The van der Waals surface area contributed by atoms with Crippen LogP contribution in [0.25, 0.3) is 0 Å². The van der Waals surface area contributed by atoms with Gasteiger partial charge in [0.25, 0.3) is 5.91 Å². The van der Waals surface area contributed by atoms with Crippen LogP contribution in [0.4, 0.5) is 13.2 Å². The van der Waals surface area contributed by atoms with Crippen molar-refractivity contribution < 1.29 is 22.7 Å². The molecule has 0 bridgehead atoms. The normalized spacial score (nSPS) is 11.2. The van der Waals surface area contributed by atoms with Crippen LogP contribution in [0.2, 0.25) is 0 Å². The van der Waals surface area contributed by atoms with Crippen LogP contribution in [0.3, 0.4) is 0 Å². The monoisotopic (exact) mass is 464 g/mol. The largest absolute Gasteiger partial charge is 0.473 e. The van der Waals surface area contributed by atoms with E-state index in [1.165, 1.54) is 18.3 Å². The van der Waals surface area contributed by atoms with E-state index in [4.69, 9.17) is 4.74 Å². The summed E-state index contributed by atoms with van der Waals surface area (Å²) in [6, 6.07) is 15.5. The number of hydrogen-bond acceptors (Lipinski definition) is 3. The van der Waals surface area contributed by atoms with Crippen LogP contribution in [0.1, 0.15) is 27.0 Å². The lowest BCUT2D eigenvalue weighted by atomic mass is 10.1. The molecule has 2 aromatic carbocycles. The summed E-state index contributed by atoms with van der Waals surface area (Å²) in [6.07, 6.45) is -2.99. The minimum Gasteiger partial charge on any atom is -0.473 e. The molecule has 0 aliphatic carbocycles. The smallest absolute Gasteiger partial charge is 0.416 e. The standard InChI is InChI=1S/C21H16BrF3N2O2/c22-18-8-3-15(4-9-18)13-29-19-10-5-16(12-26-19)20(28)27-11-14-1-6-17(7-2-14)21(23,24)25/h1-10,12H,11,13H2,(H,27,28). The minimum absolute atomic E-state index is 0.110. The fourth-order valence-electron chi connectivity index (χ4n) is 2.43.